The highest BCUT2D eigenvalue weighted by Crippen LogP contribution is 2.01. The fourth-order valence-electron chi connectivity index (χ4n) is 1.39. The monoisotopic (exact) mass is 241 g/mol. The van der Waals surface area contributed by atoms with Gasteiger partial charge >= 0.3 is 11.7 Å². The number of rotatable bonds is 6. The fourth-order valence-corrected chi connectivity index (χ4v) is 1.39. The van der Waals surface area contributed by atoms with Crippen LogP contribution in [0.4, 0.5) is 0 Å². The van der Waals surface area contributed by atoms with Crippen LogP contribution in [0, 0.1) is 0 Å². The van der Waals surface area contributed by atoms with Gasteiger partial charge in [0.15, 0.2) is 0 Å². The van der Waals surface area contributed by atoms with Gasteiger partial charge in [0.05, 0.1) is 0 Å². The fraction of sp³-hybridized carbons (Fsp3) is 0.500. The number of carboxylic acid groups (broad SMARTS) is 1. The quantitative estimate of drug-likeness (QED) is 0.564. The third-order valence-corrected chi connectivity index (χ3v) is 2.25. The highest BCUT2D eigenvalue weighted by atomic mass is 16.4. The number of H-pyrrole nitrogens is 2. The Morgan fingerprint density at radius 1 is 1.53 bits per heavy atom. The van der Waals surface area contributed by atoms with Gasteiger partial charge < -0.3 is 20.4 Å². The molecule has 94 valence electrons. The summed E-state index contributed by atoms with van der Waals surface area (Å²) in [5.41, 5.74) is -0.270. The molecule has 1 aromatic rings. The van der Waals surface area contributed by atoms with Crippen LogP contribution in [-0.2, 0) is 4.79 Å². The van der Waals surface area contributed by atoms with Crippen molar-refractivity contribution in [2.45, 2.75) is 32.2 Å². The number of nitrogens with one attached hydrogen (secondary N) is 3. The van der Waals surface area contributed by atoms with Crippen molar-refractivity contribution in [3.05, 3.63) is 22.4 Å². The molecule has 0 saturated carbocycles. The van der Waals surface area contributed by atoms with Gasteiger partial charge in [-0.2, -0.15) is 0 Å². The molecule has 1 unspecified atom stereocenters. The van der Waals surface area contributed by atoms with Crippen LogP contribution in [0.1, 0.15) is 36.7 Å². The van der Waals surface area contributed by atoms with Crippen molar-refractivity contribution in [3.63, 3.8) is 0 Å². The molecule has 1 heterocycles. The van der Waals surface area contributed by atoms with Crippen molar-refractivity contribution in [3.8, 4) is 0 Å². The van der Waals surface area contributed by atoms with Crippen LogP contribution in [0.15, 0.2) is 11.0 Å². The number of carbonyl (C=O) groups is 2. The zero-order chi connectivity index (χ0) is 12.8. The van der Waals surface area contributed by atoms with Crippen LogP contribution in [0.2, 0.25) is 0 Å². The van der Waals surface area contributed by atoms with E-state index >= 15 is 0 Å². The number of aromatic amines is 2. The van der Waals surface area contributed by atoms with Crippen LogP contribution < -0.4 is 11.0 Å². The van der Waals surface area contributed by atoms with Crippen molar-refractivity contribution in [1.29, 1.82) is 0 Å². The van der Waals surface area contributed by atoms with Crippen molar-refractivity contribution < 1.29 is 14.7 Å². The number of hydrogen-bond acceptors (Lipinski definition) is 3. The standard InChI is InChI=1S/C10H15N3O4/c1-6(3-2-4-8(14)15)12-9(16)7-5-11-10(17)13-7/h5-6H,2-4H2,1H3,(H,12,16)(H,14,15)(H2,11,13,17). The summed E-state index contributed by atoms with van der Waals surface area (Å²) in [7, 11) is 0. The third kappa shape index (κ3) is 4.54. The highest BCUT2D eigenvalue weighted by Gasteiger charge is 2.11. The minimum absolute atomic E-state index is 0.0845. The average Bonchev–Trinajstić information content (AvgIpc) is 2.64. The summed E-state index contributed by atoms with van der Waals surface area (Å²) >= 11 is 0. The Hall–Kier alpha value is -2.05. The first kappa shape index (κ1) is 13.0. The summed E-state index contributed by atoms with van der Waals surface area (Å²) in [5, 5.41) is 11.1. The maximum Gasteiger partial charge on any atom is 0.323 e. The van der Waals surface area contributed by atoms with Gasteiger partial charge in [0.2, 0.25) is 0 Å². The molecule has 1 rings (SSSR count). The van der Waals surface area contributed by atoms with Crippen LogP contribution in [0.25, 0.3) is 0 Å². The molecule has 0 spiro atoms. The lowest BCUT2D eigenvalue weighted by molar-refractivity contribution is -0.137. The lowest BCUT2D eigenvalue weighted by Crippen LogP contribution is -2.33. The second-order valence-electron chi connectivity index (χ2n) is 3.82. The second-order valence-corrected chi connectivity index (χ2v) is 3.82. The smallest absolute Gasteiger partial charge is 0.323 e. The zero-order valence-electron chi connectivity index (χ0n) is 9.45. The molecular weight excluding hydrogens is 226 g/mol. The molecule has 0 bridgehead atoms. The predicted molar refractivity (Wildman–Crippen MR) is 59.8 cm³/mol. The first-order chi connectivity index (χ1) is 7.99. The van der Waals surface area contributed by atoms with E-state index in [1.165, 1.54) is 6.20 Å². The maximum atomic E-state index is 11.5. The first-order valence-electron chi connectivity index (χ1n) is 5.29. The van der Waals surface area contributed by atoms with Crippen LogP contribution >= 0.6 is 0 Å². The Morgan fingerprint density at radius 2 is 2.24 bits per heavy atom. The van der Waals surface area contributed by atoms with Crippen molar-refractivity contribution in [2.24, 2.45) is 0 Å². The van der Waals surface area contributed by atoms with E-state index in [0.717, 1.165) is 0 Å². The molecule has 7 heteroatoms. The Bertz CT molecular complexity index is 448. The summed E-state index contributed by atoms with van der Waals surface area (Å²) in [5.74, 6) is -1.23. The van der Waals surface area contributed by atoms with Crippen LogP contribution in [-0.4, -0.2) is 33.0 Å². The lowest BCUT2D eigenvalue weighted by Gasteiger charge is -2.12. The summed E-state index contributed by atoms with van der Waals surface area (Å²) in [6.45, 7) is 1.78. The van der Waals surface area contributed by atoms with E-state index in [9.17, 15) is 14.4 Å². The Labute approximate surface area is 97.2 Å². The number of carboxylic acids is 1. The number of imidazole rings is 1. The molecule has 7 nitrogen and oxygen atoms in total. The van der Waals surface area contributed by atoms with E-state index in [2.05, 4.69) is 15.3 Å². The van der Waals surface area contributed by atoms with Gasteiger partial charge in [-0.25, -0.2) is 4.79 Å². The number of aliphatic carboxylic acids is 1. The molecule has 17 heavy (non-hydrogen) atoms. The molecule has 4 N–H and O–H groups in total. The van der Waals surface area contributed by atoms with E-state index in [-0.39, 0.29) is 24.1 Å². The molecular formula is C10H15N3O4. The van der Waals surface area contributed by atoms with Gasteiger partial charge in [-0.15, -0.1) is 0 Å². The predicted octanol–water partition coefficient (Wildman–Crippen LogP) is 0.0762. The van der Waals surface area contributed by atoms with E-state index in [1.54, 1.807) is 6.92 Å². The molecule has 1 amide bonds. The number of hydrogen-bond donors (Lipinski definition) is 4. The molecule has 0 fully saturated rings. The largest absolute Gasteiger partial charge is 0.481 e. The van der Waals surface area contributed by atoms with Crippen LogP contribution in [0.3, 0.4) is 0 Å². The van der Waals surface area contributed by atoms with Gasteiger partial charge in [0.25, 0.3) is 5.91 Å². The number of aromatic nitrogens is 2. The minimum Gasteiger partial charge on any atom is -0.481 e. The molecule has 1 aromatic heterocycles. The minimum atomic E-state index is -0.849. The SMILES string of the molecule is CC(CCCC(=O)O)NC(=O)c1c[nH]c(=O)[nH]1. The van der Waals surface area contributed by atoms with Crippen molar-refractivity contribution in [2.75, 3.05) is 0 Å². The molecule has 0 aliphatic heterocycles. The zero-order valence-corrected chi connectivity index (χ0v) is 9.45. The van der Waals surface area contributed by atoms with Crippen molar-refractivity contribution in [1.82, 2.24) is 15.3 Å². The topological polar surface area (TPSA) is 115 Å². The number of amides is 1. The molecule has 0 aliphatic carbocycles. The molecule has 1 atom stereocenters. The molecule has 0 saturated heterocycles. The van der Waals surface area contributed by atoms with E-state index < -0.39 is 11.7 Å². The Balaban J connectivity index is 2.35. The Kier molecular flexibility index (Phi) is 4.50. The Morgan fingerprint density at radius 3 is 2.76 bits per heavy atom. The summed E-state index contributed by atoms with van der Waals surface area (Å²) in [6.07, 6.45) is 2.45. The first-order valence-corrected chi connectivity index (χ1v) is 5.29. The summed E-state index contributed by atoms with van der Waals surface area (Å²) < 4.78 is 0. The van der Waals surface area contributed by atoms with Gasteiger partial charge in [0, 0.05) is 18.7 Å². The molecule has 0 aromatic carbocycles. The summed E-state index contributed by atoms with van der Waals surface area (Å²) in [4.78, 5) is 37.3. The molecule has 0 aliphatic rings. The van der Waals surface area contributed by atoms with Gasteiger partial charge in [-0.3, -0.25) is 9.59 Å². The van der Waals surface area contributed by atoms with E-state index in [4.69, 9.17) is 5.11 Å². The highest BCUT2D eigenvalue weighted by molar-refractivity contribution is 5.92. The van der Waals surface area contributed by atoms with Crippen LogP contribution in [0.5, 0.6) is 0 Å². The normalized spacial score (nSPS) is 12.1. The third-order valence-electron chi connectivity index (χ3n) is 2.25. The second kappa shape index (κ2) is 5.88. The van der Waals surface area contributed by atoms with E-state index in [1.807, 2.05) is 0 Å². The van der Waals surface area contributed by atoms with Gasteiger partial charge in [0.1, 0.15) is 5.69 Å². The van der Waals surface area contributed by atoms with Gasteiger partial charge in [-0.05, 0) is 19.8 Å². The maximum absolute atomic E-state index is 11.5. The average molecular weight is 241 g/mol. The van der Waals surface area contributed by atoms with Crippen molar-refractivity contribution >= 4 is 11.9 Å². The van der Waals surface area contributed by atoms with Gasteiger partial charge in [-0.1, -0.05) is 0 Å². The summed E-state index contributed by atoms with van der Waals surface area (Å²) in [6, 6.07) is -0.139. The van der Waals surface area contributed by atoms with E-state index in [0.29, 0.717) is 12.8 Å². The lowest BCUT2D eigenvalue weighted by atomic mass is 10.1. The molecule has 0 radical (unpaired) electrons. The number of carbonyl (C=O) groups excluding carboxylic acids is 1.